The number of nitrogens with one attached hydrogen (secondary N) is 1. The van der Waals surface area contributed by atoms with Gasteiger partial charge in [0.25, 0.3) is 0 Å². The highest BCUT2D eigenvalue weighted by Gasteiger charge is 2.29. The van der Waals surface area contributed by atoms with Gasteiger partial charge in [-0.15, -0.1) is 0 Å². The second-order valence-electron chi connectivity index (χ2n) is 5.04. The fourth-order valence-electron chi connectivity index (χ4n) is 2.27. The van der Waals surface area contributed by atoms with E-state index < -0.39 is 11.7 Å². The Bertz CT molecular complexity index is 529. The van der Waals surface area contributed by atoms with Gasteiger partial charge in [0.2, 0.25) is 5.91 Å². The van der Waals surface area contributed by atoms with Crippen molar-refractivity contribution in [3.8, 4) is 0 Å². The molecule has 1 heterocycles. The predicted molar refractivity (Wildman–Crippen MR) is 74.6 cm³/mol. The molecule has 1 aromatic rings. The molecule has 0 aromatic heterocycles. The van der Waals surface area contributed by atoms with Crippen LogP contribution in [0, 0.1) is 0 Å². The van der Waals surface area contributed by atoms with Crippen molar-refractivity contribution in [3.05, 3.63) is 41.6 Å². The lowest BCUT2D eigenvalue weighted by Crippen LogP contribution is -2.19. The zero-order valence-corrected chi connectivity index (χ0v) is 11.7. The Morgan fingerprint density at radius 2 is 1.76 bits per heavy atom. The summed E-state index contributed by atoms with van der Waals surface area (Å²) in [7, 11) is 0. The van der Waals surface area contributed by atoms with E-state index in [-0.39, 0.29) is 5.91 Å². The third-order valence-electron chi connectivity index (χ3n) is 3.42. The van der Waals surface area contributed by atoms with Gasteiger partial charge in [0.15, 0.2) is 0 Å². The number of hydrogen-bond acceptors (Lipinski definition) is 2. The Labute approximate surface area is 121 Å². The van der Waals surface area contributed by atoms with E-state index in [4.69, 9.17) is 0 Å². The van der Waals surface area contributed by atoms with Gasteiger partial charge in [-0.25, -0.2) is 0 Å². The van der Waals surface area contributed by atoms with Crippen LogP contribution >= 0.6 is 0 Å². The SMILES string of the molecule is CC(=CC(=O)Nc1ccc(C(F)(F)F)cc1)N1CCCC1. The number of alkyl halides is 3. The zero-order chi connectivity index (χ0) is 15.5. The number of carbonyl (C=O) groups excluding carboxylic acids is 1. The quantitative estimate of drug-likeness (QED) is 0.864. The van der Waals surface area contributed by atoms with Crippen LogP contribution in [0.1, 0.15) is 25.3 Å². The first-order valence-corrected chi connectivity index (χ1v) is 6.78. The lowest BCUT2D eigenvalue weighted by atomic mass is 10.2. The molecule has 1 aliphatic rings. The first kappa shape index (κ1) is 15.4. The lowest BCUT2D eigenvalue weighted by molar-refractivity contribution is -0.137. The molecule has 1 saturated heterocycles. The summed E-state index contributed by atoms with van der Waals surface area (Å²) in [5.74, 6) is -0.334. The van der Waals surface area contributed by atoms with Crippen LogP contribution in [0.3, 0.4) is 0 Å². The smallest absolute Gasteiger partial charge is 0.375 e. The summed E-state index contributed by atoms with van der Waals surface area (Å²) in [5, 5.41) is 2.57. The normalized spacial score (nSPS) is 16.2. The molecule has 114 valence electrons. The van der Waals surface area contributed by atoms with Gasteiger partial charge in [-0.1, -0.05) is 0 Å². The summed E-state index contributed by atoms with van der Waals surface area (Å²) in [6.07, 6.45) is -0.658. The summed E-state index contributed by atoms with van der Waals surface area (Å²) in [6.45, 7) is 3.74. The summed E-state index contributed by atoms with van der Waals surface area (Å²) >= 11 is 0. The Morgan fingerprint density at radius 1 is 1.19 bits per heavy atom. The van der Waals surface area contributed by atoms with E-state index in [1.54, 1.807) is 0 Å². The van der Waals surface area contributed by atoms with Crippen LogP contribution in [-0.2, 0) is 11.0 Å². The topological polar surface area (TPSA) is 32.3 Å². The molecule has 0 atom stereocenters. The maximum absolute atomic E-state index is 12.4. The molecule has 2 rings (SSSR count). The van der Waals surface area contributed by atoms with Gasteiger partial charge in [0, 0.05) is 30.5 Å². The number of nitrogens with zero attached hydrogens (tertiary/aromatic N) is 1. The van der Waals surface area contributed by atoms with E-state index in [1.807, 2.05) is 6.92 Å². The highest BCUT2D eigenvalue weighted by molar-refractivity contribution is 5.99. The van der Waals surface area contributed by atoms with Crippen LogP contribution in [0.25, 0.3) is 0 Å². The molecule has 3 nitrogen and oxygen atoms in total. The van der Waals surface area contributed by atoms with E-state index in [9.17, 15) is 18.0 Å². The zero-order valence-electron chi connectivity index (χ0n) is 11.7. The number of likely N-dealkylation sites (tertiary alicyclic amines) is 1. The van der Waals surface area contributed by atoms with Gasteiger partial charge < -0.3 is 10.2 Å². The molecule has 0 radical (unpaired) electrons. The van der Waals surface area contributed by atoms with E-state index in [1.165, 1.54) is 18.2 Å². The molecule has 1 N–H and O–H groups in total. The monoisotopic (exact) mass is 298 g/mol. The van der Waals surface area contributed by atoms with Crippen LogP contribution in [0.4, 0.5) is 18.9 Å². The van der Waals surface area contributed by atoms with Gasteiger partial charge in [0.1, 0.15) is 0 Å². The highest BCUT2D eigenvalue weighted by Crippen LogP contribution is 2.29. The van der Waals surface area contributed by atoms with Crippen molar-refractivity contribution in [3.63, 3.8) is 0 Å². The number of anilines is 1. The second kappa shape index (κ2) is 6.20. The minimum atomic E-state index is -4.37. The van der Waals surface area contributed by atoms with Crippen molar-refractivity contribution in [1.82, 2.24) is 4.90 Å². The number of rotatable bonds is 3. The fourth-order valence-corrected chi connectivity index (χ4v) is 2.27. The third kappa shape index (κ3) is 4.24. The first-order chi connectivity index (χ1) is 9.86. The van der Waals surface area contributed by atoms with Gasteiger partial charge in [-0.05, 0) is 44.0 Å². The molecule has 0 aliphatic carbocycles. The average Bonchev–Trinajstić information content (AvgIpc) is 2.92. The molecule has 1 aromatic carbocycles. The Morgan fingerprint density at radius 3 is 2.29 bits per heavy atom. The third-order valence-corrected chi connectivity index (χ3v) is 3.42. The van der Waals surface area contributed by atoms with Crippen molar-refractivity contribution in [2.75, 3.05) is 18.4 Å². The van der Waals surface area contributed by atoms with Crippen molar-refractivity contribution in [2.45, 2.75) is 25.9 Å². The van der Waals surface area contributed by atoms with E-state index in [0.717, 1.165) is 43.8 Å². The molecule has 0 spiro atoms. The van der Waals surface area contributed by atoms with Crippen LogP contribution in [0.15, 0.2) is 36.0 Å². The van der Waals surface area contributed by atoms with Crippen molar-refractivity contribution in [1.29, 1.82) is 0 Å². The van der Waals surface area contributed by atoms with Gasteiger partial charge in [-0.3, -0.25) is 4.79 Å². The molecular formula is C15H17F3N2O. The van der Waals surface area contributed by atoms with Crippen LogP contribution in [-0.4, -0.2) is 23.9 Å². The number of hydrogen-bond donors (Lipinski definition) is 1. The number of benzene rings is 1. The molecule has 1 aliphatic heterocycles. The minimum absolute atomic E-state index is 0.334. The molecule has 0 bridgehead atoms. The van der Waals surface area contributed by atoms with E-state index in [0.29, 0.717) is 5.69 Å². The molecule has 1 fully saturated rings. The summed E-state index contributed by atoms with van der Waals surface area (Å²) in [5.41, 5.74) is 0.486. The van der Waals surface area contributed by atoms with Crippen LogP contribution in [0.5, 0.6) is 0 Å². The number of allylic oxidation sites excluding steroid dienone is 1. The number of carbonyl (C=O) groups is 1. The lowest BCUT2D eigenvalue weighted by Gasteiger charge is -2.17. The van der Waals surface area contributed by atoms with Gasteiger partial charge in [0.05, 0.1) is 5.56 Å². The summed E-state index contributed by atoms with van der Waals surface area (Å²) < 4.78 is 37.3. The fraction of sp³-hybridized carbons (Fsp3) is 0.400. The first-order valence-electron chi connectivity index (χ1n) is 6.78. The van der Waals surface area contributed by atoms with Crippen molar-refractivity contribution in [2.24, 2.45) is 0 Å². The minimum Gasteiger partial charge on any atom is -0.375 e. The van der Waals surface area contributed by atoms with Crippen molar-refractivity contribution < 1.29 is 18.0 Å². The van der Waals surface area contributed by atoms with Crippen LogP contribution in [0.2, 0.25) is 0 Å². The number of amides is 1. The van der Waals surface area contributed by atoms with Crippen molar-refractivity contribution >= 4 is 11.6 Å². The predicted octanol–water partition coefficient (Wildman–Crippen LogP) is 3.64. The molecule has 21 heavy (non-hydrogen) atoms. The van der Waals surface area contributed by atoms with E-state index >= 15 is 0 Å². The largest absolute Gasteiger partial charge is 0.416 e. The number of halogens is 3. The average molecular weight is 298 g/mol. The second-order valence-corrected chi connectivity index (χ2v) is 5.04. The van der Waals surface area contributed by atoms with Gasteiger partial charge in [-0.2, -0.15) is 13.2 Å². The molecule has 0 saturated carbocycles. The Hall–Kier alpha value is -1.98. The molecular weight excluding hydrogens is 281 g/mol. The maximum atomic E-state index is 12.4. The Kier molecular flexibility index (Phi) is 4.55. The summed E-state index contributed by atoms with van der Waals surface area (Å²) in [4.78, 5) is 13.9. The molecule has 1 amide bonds. The molecule has 6 heteroatoms. The van der Waals surface area contributed by atoms with Crippen LogP contribution < -0.4 is 5.32 Å². The Balaban J connectivity index is 1.97. The van der Waals surface area contributed by atoms with E-state index in [2.05, 4.69) is 10.2 Å². The molecule has 0 unspecified atom stereocenters. The maximum Gasteiger partial charge on any atom is 0.416 e. The van der Waals surface area contributed by atoms with Gasteiger partial charge >= 0.3 is 6.18 Å². The standard InChI is InChI=1S/C15H17F3N2O/c1-11(20-8-2-3-9-20)10-14(21)19-13-6-4-12(5-7-13)15(16,17)18/h4-7,10H,2-3,8-9H2,1H3,(H,19,21). The highest BCUT2D eigenvalue weighted by atomic mass is 19.4. The summed E-state index contributed by atoms with van der Waals surface area (Å²) in [6, 6.07) is 4.40.